The quantitative estimate of drug-likeness (QED) is 0.0347. The Morgan fingerprint density at radius 2 is 0.517 bits per heavy atom. The number of aromatic nitrogens is 3. The first kappa shape index (κ1) is 67.0. The van der Waals surface area contributed by atoms with E-state index >= 15 is 14.4 Å². The Hall–Kier alpha value is -7.47. The molecule has 6 heterocycles. The Bertz CT molecular complexity index is 3110. The average Bonchev–Trinajstić information content (AvgIpc) is 1.84. The van der Waals surface area contributed by atoms with Crippen LogP contribution in [0.25, 0.3) is 32.7 Å². The summed E-state index contributed by atoms with van der Waals surface area (Å²) in [6.45, 7) is 8.38. The molecule has 0 aliphatic carbocycles. The highest BCUT2D eigenvalue weighted by Gasteiger charge is 2.16. The van der Waals surface area contributed by atoms with Crippen LogP contribution in [-0.2, 0) is 19.6 Å². The zero-order valence-electron chi connectivity index (χ0n) is 53.4. The van der Waals surface area contributed by atoms with Gasteiger partial charge in [-0.25, -0.2) is 0 Å². The van der Waals surface area contributed by atoms with Crippen molar-refractivity contribution in [3.05, 3.63) is 175 Å². The van der Waals surface area contributed by atoms with Crippen molar-refractivity contribution >= 4 is 32.7 Å². The monoisotopic (exact) mass is 1190 g/mol. The zero-order chi connectivity index (χ0) is 61.4. The van der Waals surface area contributed by atoms with Crippen LogP contribution < -0.4 is 45.1 Å². The minimum Gasteiger partial charge on any atom is -0.497 e. The van der Waals surface area contributed by atoms with Gasteiger partial charge in [0.15, 0.2) is 0 Å². The van der Waals surface area contributed by atoms with E-state index in [2.05, 4.69) is 20.8 Å². The second kappa shape index (κ2) is 37.3. The maximum atomic E-state index is 15.8. The van der Waals surface area contributed by atoms with E-state index in [9.17, 15) is 0 Å². The number of hydrogen-bond donors (Lipinski definition) is 0. The fourth-order valence-electron chi connectivity index (χ4n) is 11.2. The third kappa shape index (κ3) is 20.8. The topological polar surface area (TPSA) is 121 Å². The molecule has 12 heteroatoms. The van der Waals surface area contributed by atoms with Gasteiger partial charge < -0.3 is 42.1 Å². The third-order valence-corrected chi connectivity index (χ3v) is 16.5. The number of nitrogens with zero attached hydrogens (tertiary/aromatic N) is 3. The summed E-state index contributed by atoms with van der Waals surface area (Å²) in [4.78, 5) is 47.4. The lowest BCUT2D eigenvalue weighted by Crippen LogP contribution is -2.23. The third-order valence-electron chi connectivity index (χ3n) is 16.5. The molecule has 12 rings (SSSR count). The van der Waals surface area contributed by atoms with E-state index in [-0.39, 0.29) is 36.3 Å². The summed E-state index contributed by atoms with van der Waals surface area (Å²) in [5, 5.41) is 1.07. The van der Waals surface area contributed by atoms with Gasteiger partial charge in [0, 0.05) is 16.2 Å². The Morgan fingerprint density at radius 1 is 0.287 bits per heavy atom. The highest BCUT2D eigenvalue weighted by molar-refractivity contribution is 5.74. The molecule has 0 amide bonds. The SMILES string of the molecule is CCCCCCCCCCOc1cc2ccc1n(Cc1ccc(OC)cc1)c(=O)c1ccc(c(OCCCCCCCCCC)c1)n(Cc1ccc(OC)cc1)c(=O)c1ccc(c(OCCCCCCCCCC)c1)n(Cc1ccc(OC)cc1)c2=O. The maximum Gasteiger partial charge on any atom is 0.258 e. The van der Waals surface area contributed by atoms with Gasteiger partial charge in [0.05, 0.1) is 77.3 Å². The van der Waals surface area contributed by atoms with Gasteiger partial charge in [-0.05, 0) is 127 Å². The molecule has 0 spiro atoms. The van der Waals surface area contributed by atoms with Crippen molar-refractivity contribution in [3.8, 4) is 34.5 Å². The molecular formula is C75H99N3O9. The van der Waals surface area contributed by atoms with E-state index in [1.165, 1.54) is 96.3 Å². The number of unbranched alkanes of at least 4 members (excludes halogenated alkanes) is 21. The van der Waals surface area contributed by atoms with Crippen LogP contribution in [0.4, 0.5) is 0 Å². The standard InChI is InChI=1S/C75H99N3O9/c1-7-10-13-16-19-22-25-28-49-85-70-52-61-37-46-67(70)76(55-58-31-40-64(82-4)41-32-58)74(80)62-38-47-69(71(53-62)86-50-29-26-23-20-17-14-11-8-2)78(57-60-35-44-66(84-6)45-36-60)75(81)63-39-48-68(72(54-63)87-51-30-27-24-21-18-15-12-9-3)77(73(61)79)56-59-33-42-65(83-5)43-34-59/h31-48,52-54H,7-30,49-51,55-57H2,1-6H3. The Balaban J connectivity index is 1.53. The average molecular weight is 1190 g/mol. The molecular weight excluding hydrogens is 1090 g/mol. The van der Waals surface area contributed by atoms with Crippen molar-refractivity contribution < 1.29 is 28.4 Å². The van der Waals surface area contributed by atoms with Gasteiger partial charge >= 0.3 is 0 Å². The van der Waals surface area contributed by atoms with Crippen molar-refractivity contribution in [3.63, 3.8) is 0 Å². The van der Waals surface area contributed by atoms with Crippen LogP contribution in [0, 0.1) is 0 Å². The van der Waals surface area contributed by atoms with Crippen LogP contribution >= 0.6 is 0 Å². The fraction of sp³-hybridized carbons (Fsp3) is 0.480. The molecule has 0 saturated carbocycles. The summed E-state index contributed by atoms with van der Waals surface area (Å²) in [5.41, 5.74) is 3.16. The van der Waals surface area contributed by atoms with Gasteiger partial charge in [0.1, 0.15) is 34.5 Å². The first-order valence-electron chi connectivity index (χ1n) is 32.8. The summed E-state index contributed by atoms with van der Waals surface area (Å²) >= 11 is 0. The van der Waals surface area contributed by atoms with E-state index in [1.54, 1.807) is 71.4 Å². The largest absolute Gasteiger partial charge is 0.497 e. The van der Waals surface area contributed by atoms with Gasteiger partial charge in [0.2, 0.25) is 0 Å². The predicted molar refractivity (Wildman–Crippen MR) is 359 cm³/mol. The second-order valence-electron chi connectivity index (χ2n) is 23.2. The number of benzene rings is 6. The van der Waals surface area contributed by atoms with Crippen LogP contribution in [0.15, 0.2) is 142 Å². The van der Waals surface area contributed by atoms with Crippen LogP contribution in [0.5, 0.6) is 34.5 Å². The molecule has 12 aromatic rings. The van der Waals surface area contributed by atoms with E-state index < -0.39 is 0 Å². The van der Waals surface area contributed by atoms with Gasteiger partial charge in [0.25, 0.3) is 16.7 Å². The molecule has 0 atom stereocenters. The molecule has 6 bridgehead atoms. The van der Waals surface area contributed by atoms with E-state index in [1.807, 2.05) is 91.0 Å². The molecule has 12 nitrogen and oxygen atoms in total. The number of hydrogen-bond acceptors (Lipinski definition) is 9. The second-order valence-corrected chi connectivity index (χ2v) is 23.2. The molecule has 0 unspecified atom stereocenters. The molecule has 0 N–H and O–H groups in total. The van der Waals surface area contributed by atoms with Gasteiger partial charge in [-0.2, -0.15) is 0 Å². The van der Waals surface area contributed by atoms with Crippen LogP contribution in [0.3, 0.4) is 0 Å². The first-order valence-corrected chi connectivity index (χ1v) is 32.8. The highest BCUT2D eigenvalue weighted by Crippen LogP contribution is 2.28. The molecule has 87 heavy (non-hydrogen) atoms. The molecule has 6 aromatic heterocycles. The zero-order valence-corrected chi connectivity index (χ0v) is 53.4. The summed E-state index contributed by atoms with van der Waals surface area (Å²) in [6, 6.07) is 39.3. The molecule has 0 saturated heterocycles. The van der Waals surface area contributed by atoms with E-state index in [0.29, 0.717) is 87.0 Å². The van der Waals surface area contributed by atoms with Gasteiger partial charge in [-0.15, -0.1) is 0 Å². The highest BCUT2D eigenvalue weighted by atomic mass is 16.5. The lowest BCUT2D eigenvalue weighted by atomic mass is 10.1. The van der Waals surface area contributed by atoms with Crippen molar-refractivity contribution in [1.82, 2.24) is 13.7 Å². The Labute approximate surface area is 517 Å². The molecule has 0 aliphatic rings. The summed E-state index contributed by atoms with van der Waals surface area (Å²) in [5.74, 6) is 3.32. The van der Waals surface area contributed by atoms with Crippen LogP contribution in [0.2, 0.25) is 0 Å². The molecule has 0 radical (unpaired) electrons. The maximum absolute atomic E-state index is 15.8. The number of ether oxygens (including phenoxy) is 6. The first-order chi connectivity index (χ1) is 42.7. The van der Waals surface area contributed by atoms with Crippen LogP contribution in [0.1, 0.15) is 192 Å². The van der Waals surface area contributed by atoms with Gasteiger partial charge in [-0.3, -0.25) is 14.4 Å². The van der Waals surface area contributed by atoms with Crippen molar-refractivity contribution in [2.75, 3.05) is 41.2 Å². The minimum atomic E-state index is -0.311. The Morgan fingerprint density at radius 3 is 0.747 bits per heavy atom. The summed E-state index contributed by atoms with van der Waals surface area (Å²) < 4.78 is 42.4. The molecule has 0 aliphatic heterocycles. The molecule has 6 aromatic carbocycles. The van der Waals surface area contributed by atoms with E-state index in [0.717, 1.165) is 74.5 Å². The number of methoxy groups -OCH3 is 3. The lowest BCUT2D eigenvalue weighted by molar-refractivity contribution is 0.306. The predicted octanol–water partition coefficient (Wildman–Crippen LogP) is 18.0. The molecule has 468 valence electrons. The van der Waals surface area contributed by atoms with Crippen molar-refractivity contribution in [2.45, 2.75) is 195 Å². The summed E-state index contributed by atoms with van der Waals surface area (Å²) in [7, 11) is 4.90. The number of rotatable bonds is 39. The summed E-state index contributed by atoms with van der Waals surface area (Å²) in [6.07, 6.45) is 27.0. The fourth-order valence-corrected chi connectivity index (χ4v) is 11.2. The molecule has 0 fully saturated rings. The normalized spacial score (nSPS) is 11.2. The minimum absolute atomic E-state index is 0.164. The van der Waals surface area contributed by atoms with Crippen molar-refractivity contribution in [2.24, 2.45) is 0 Å². The van der Waals surface area contributed by atoms with Crippen LogP contribution in [-0.4, -0.2) is 54.9 Å². The Kier molecular flexibility index (Phi) is 28.7. The van der Waals surface area contributed by atoms with E-state index in [4.69, 9.17) is 28.4 Å². The van der Waals surface area contributed by atoms with Crippen molar-refractivity contribution in [1.29, 1.82) is 0 Å². The van der Waals surface area contributed by atoms with Gasteiger partial charge in [-0.1, -0.05) is 192 Å². The lowest BCUT2D eigenvalue weighted by Gasteiger charge is -2.16. The smallest absolute Gasteiger partial charge is 0.258 e.